The van der Waals surface area contributed by atoms with Gasteiger partial charge in [0.25, 0.3) is 0 Å². The van der Waals surface area contributed by atoms with Crippen molar-refractivity contribution in [1.29, 1.82) is 0 Å². The molecule has 0 aliphatic heterocycles. The van der Waals surface area contributed by atoms with Gasteiger partial charge in [-0.05, 0) is 18.6 Å². The summed E-state index contributed by atoms with van der Waals surface area (Å²) in [5.74, 6) is -0.0450. The van der Waals surface area contributed by atoms with Gasteiger partial charge in [-0.3, -0.25) is 0 Å². The number of methoxy groups -OCH3 is 1. The van der Waals surface area contributed by atoms with Gasteiger partial charge in [0, 0.05) is 5.33 Å². The first-order valence-corrected chi connectivity index (χ1v) is 5.98. The number of halogens is 1. The highest BCUT2D eigenvalue weighted by molar-refractivity contribution is 9.09. The molecular formula is C11H14BrNO3. The van der Waals surface area contributed by atoms with E-state index in [0.29, 0.717) is 23.6 Å². The van der Waals surface area contributed by atoms with E-state index in [1.165, 1.54) is 7.11 Å². The number of nitrogens with two attached hydrogens (primary N) is 1. The SMILES string of the molecule is COC(=O)c1cccc(N)c1OCCCBr. The molecule has 1 aromatic rings. The molecule has 0 amide bonds. The lowest BCUT2D eigenvalue weighted by Gasteiger charge is -2.11. The van der Waals surface area contributed by atoms with Crippen molar-refractivity contribution in [2.75, 3.05) is 24.8 Å². The van der Waals surface area contributed by atoms with Crippen LogP contribution in [-0.4, -0.2) is 25.0 Å². The van der Waals surface area contributed by atoms with Crippen LogP contribution >= 0.6 is 15.9 Å². The van der Waals surface area contributed by atoms with E-state index in [2.05, 4.69) is 20.7 Å². The Kier molecular flexibility index (Phi) is 5.11. The Morgan fingerprint density at radius 3 is 2.88 bits per heavy atom. The molecular weight excluding hydrogens is 274 g/mol. The van der Waals surface area contributed by atoms with Crippen molar-refractivity contribution < 1.29 is 14.3 Å². The number of nitrogen functional groups attached to an aromatic ring is 1. The van der Waals surface area contributed by atoms with E-state index >= 15 is 0 Å². The number of carbonyl (C=O) groups is 1. The minimum atomic E-state index is -0.443. The maximum absolute atomic E-state index is 11.5. The average molecular weight is 288 g/mol. The Hall–Kier alpha value is -1.23. The van der Waals surface area contributed by atoms with Crippen LogP contribution in [0.2, 0.25) is 0 Å². The monoisotopic (exact) mass is 287 g/mol. The number of hydrogen-bond acceptors (Lipinski definition) is 4. The van der Waals surface area contributed by atoms with E-state index in [-0.39, 0.29) is 0 Å². The van der Waals surface area contributed by atoms with Gasteiger partial charge in [-0.25, -0.2) is 4.79 Å². The summed E-state index contributed by atoms with van der Waals surface area (Å²) in [5, 5.41) is 0.841. The summed E-state index contributed by atoms with van der Waals surface area (Å²) in [6.45, 7) is 0.503. The quantitative estimate of drug-likeness (QED) is 0.390. The first kappa shape index (κ1) is 12.8. The topological polar surface area (TPSA) is 61.5 Å². The Labute approximate surface area is 103 Å². The van der Waals surface area contributed by atoms with Crippen LogP contribution < -0.4 is 10.5 Å². The molecule has 0 unspecified atom stereocenters. The number of alkyl halides is 1. The molecule has 1 aromatic carbocycles. The second kappa shape index (κ2) is 6.37. The van der Waals surface area contributed by atoms with E-state index in [1.54, 1.807) is 18.2 Å². The zero-order chi connectivity index (χ0) is 12.0. The third-order valence-electron chi connectivity index (χ3n) is 1.98. The molecule has 5 heteroatoms. The average Bonchev–Trinajstić information content (AvgIpc) is 2.30. The van der Waals surface area contributed by atoms with Gasteiger partial charge in [0.05, 0.1) is 19.4 Å². The van der Waals surface area contributed by atoms with Gasteiger partial charge in [0.2, 0.25) is 0 Å². The van der Waals surface area contributed by atoms with Gasteiger partial charge in [-0.2, -0.15) is 0 Å². The molecule has 0 saturated carbocycles. The molecule has 0 aromatic heterocycles. The minimum Gasteiger partial charge on any atom is -0.490 e. The lowest BCUT2D eigenvalue weighted by molar-refractivity contribution is 0.0596. The maximum atomic E-state index is 11.5. The third-order valence-corrected chi connectivity index (χ3v) is 2.54. The van der Waals surface area contributed by atoms with Crippen LogP contribution in [-0.2, 0) is 4.74 Å². The highest BCUT2D eigenvalue weighted by Crippen LogP contribution is 2.27. The summed E-state index contributed by atoms with van der Waals surface area (Å²) in [5.41, 5.74) is 6.55. The first-order valence-electron chi connectivity index (χ1n) is 4.86. The van der Waals surface area contributed by atoms with Gasteiger partial charge < -0.3 is 15.2 Å². The lowest BCUT2D eigenvalue weighted by atomic mass is 10.2. The minimum absolute atomic E-state index is 0.358. The molecule has 0 heterocycles. The van der Waals surface area contributed by atoms with Crippen molar-refractivity contribution in [2.24, 2.45) is 0 Å². The number of anilines is 1. The van der Waals surface area contributed by atoms with Crippen LogP contribution in [0.3, 0.4) is 0 Å². The van der Waals surface area contributed by atoms with Crippen LogP contribution in [0.25, 0.3) is 0 Å². The summed E-state index contributed by atoms with van der Waals surface area (Å²) in [6, 6.07) is 5.01. The molecule has 88 valence electrons. The Morgan fingerprint density at radius 2 is 2.25 bits per heavy atom. The standard InChI is InChI=1S/C11H14BrNO3/c1-15-11(14)8-4-2-5-9(13)10(8)16-7-3-6-12/h2,4-5H,3,6-7,13H2,1H3. The van der Waals surface area contributed by atoms with Crippen LogP contribution in [0.4, 0.5) is 5.69 Å². The number of rotatable bonds is 5. The fourth-order valence-electron chi connectivity index (χ4n) is 1.22. The molecule has 0 fully saturated rings. The van der Waals surface area contributed by atoms with Crippen molar-refractivity contribution in [3.05, 3.63) is 23.8 Å². The molecule has 0 bridgehead atoms. The molecule has 0 aliphatic rings. The number of ether oxygens (including phenoxy) is 2. The van der Waals surface area contributed by atoms with Gasteiger partial charge in [-0.15, -0.1) is 0 Å². The van der Waals surface area contributed by atoms with Gasteiger partial charge >= 0.3 is 5.97 Å². The van der Waals surface area contributed by atoms with Crippen molar-refractivity contribution >= 4 is 27.6 Å². The third kappa shape index (κ3) is 3.13. The van der Waals surface area contributed by atoms with Crippen LogP contribution in [0, 0.1) is 0 Å². The summed E-state index contributed by atoms with van der Waals surface area (Å²) < 4.78 is 10.1. The fraction of sp³-hybridized carbons (Fsp3) is 0.364. The maximum Gasteiger partial charge on any atom is 0.341 e. The van der Waals surface area contributed by atoms with E-state index in [0.717, 1.165) is 11.8 Å². The molecule has 0 radical (unpaired) electrons. The zero-order valence-electron chi connectivity index (χ0n) is 9.03. The normalized spacial score (nSPS) is 9.88. The molecule has 0 atom stereocenters. The molecule has 0 aliphatic carbocycles. The lowest BCUT2D eigenvalue weighted by Crippen LogP contribution is -2.08. The second-order valence-corrected chi connectivity index (χ2v) is 3.90. The Balaban J connectivity index is 2.90. The van der Waals surface area contributed by atoms with Crippen LogP contribution in [0.5, 0.6) is 5.75 Å². The van der Waals surface area contributed by atoms with E-state index in [9.17, 15) is 4.79 Å². The Morgan fingerprint density at radius 1 is 1.50 bits per heavy atom. The number of carbonyl (C=O) groups excluding carboxylic acids is 1. The van der Waals surface area contributed by atoms with Gasteiger partial charge in [0.15, 0.2) is 5.75 Å². The van der Waals surface area contributed by atoms with Crippen molar-refractivity contribution in [3.8, 4) is 5.75 Å². The molecule has 1 rings (SSSR count). The number of benzene rings is 1. The molecule has 16 heavy (non-hydrogen) atoms. The summed E-state index contributed by atoms with van der Waals surface area (Å²) >= 11 is 3.30. The van der Waals surface area contributed by atoms with Crippen molar-refractivity contribution in [2.45, 2.75) is 6.42 Å². The smallest absolute Gasteiger partial charge is 0.341 e. The summed E-state index contributed by atoms with van der Waals surface area (Å²) in [4.78, 5) is 11.5. The van der Waals surface area contributed by atoms with Crippen LogP contribution in [0.15, 0.2) is 18.2 Å². The summed E-state index contributed by atoms with van der Waals surface area (Å²) in [6.07, 6.45) is 0.842. The van der Waals surface area contributed by atoms with Crippen molar-refractivity contribution in [3.63, 3.8) is 0 Å². The molecule has 4 nitrogen and oxygen atoms in total. The van der Waals surface area contributed by atoms with E-state index < -0.39 is 5.97 Å². The predicted molar refractivity (Wildman–Crippen MR) is 66.1 cm³/mol. The summed E-state index contributed by atoms with van der Waals surface area (Å²) in [7, 11) is 1.33. The largest absolute Gasteiger partial charge is 0.490 e. The number of esters is 1. The predicted octanol–water partition coefficient (Wildman–Crippen LogP) is 2.22. The highest BCUT2D eigenvalue weighted by Gasteiger charge is 2.15. The molecule has 0 spiro atoms. The van der Waals surface area contributed by atoms with Gasteiger partial charge in [-0.1, -0.05) is 22.0 Å². The molecule has 0 saturated heterocycles. The Bertz CT molecular complexity index is 368. The molecule has 2 N–H and O–H groups in total. The van der Waals surface area contributed by atoms with Gasteiger partial charge in [0.1, 0.15) is 5.56 Å². The van der Waals surface area contributed by atoms with Crippen molar-refractivity contribution in [1.82, 2.24) is 0 Å². The zero-order valence-corrected chi connectivity index (χ0v) is 10.6. The van der Waals surface area contributed by atoms with E-state index in [1.807, 2.05) is 0 Å². The number of hydrogen-bond donors (Lipinski definition) is 1. The highest BCUT2D eigenvalue weighted by atomic mass is 79.9. The van der Waals surface area contributed by atoms with Crippen LogP contribution in [0.1, 0.15) is 16.8 Å². The van der Waals surface area contributed by atoms with E-state index in [4.69, 9.17) is 10.5 Å². The first-order chi connectivity index (χ1) is 7.70. The number of para-hydroxylation sites is 1. The fourth-order valence-corrected chi connectivity index (χ4v) is 1.44. The second-order valence-electron chi connectivity index (χ2n) is 3.11.